The van der Waals surface area contributed by atoms with E-state index >= 15 is 0 Å². The van der Waals surface area contributed by atoms with Gasteiger partial charge in [0.2, 0.25) is 0 Å². The van der Waals surface area contributed by atoms with E-state index in [1.807, 2.05) is 6.07 Å². The van der Waals surface area contributed by atoms with Crippen LogP contribution in [0.25, 0.3) is 22.2 Å². The molecule has 0 atom stereocenters. The maximum Gasteiger partial charge on any atom is 0.337 e. The van der Waals surface area contributed by atoms with Crippen LogP contribution in [0.5, 0.6) is 0 Å². The Bertz CT molecular complexity index is 1410. The molecular formula is C22H15BrClN3O4. The first-order valence-corrected chi connectivity index (χ1v) is 10.3. The number of aryl methyl sites for hydroxylation is 1. The Kier molecular flexibility index (Phi) is 5.75. The number of aromatic nitrogens is 2. The van der Waals surface area contributed by atoms with Crippen LogP contribution in [0.4, 0.5) is 0 Å². The third-order valence-corrected chi connectivity index (χ3v) is 5.37. The van der Waals surface area contributed by atoms with Gasteiger partial charge in [0.25, 0.3) is 5.56 Å². The molecule has 2 heterocycles. The monoisotopic (exact) mass is 499 g/mol. The molecule has 0 radical (unpaired) electrons. The zero-order chi connectivity index (χ0) is 22.1. The maximum atomic E-state index is 12.8. The molecule has 0 aliphatic rings. The number of methoxy groups -OCH3 is 1. The van der Waals surface area contributed by atoms with Crippen LogP contribution in [0.3, 0.4) is 0 Å². The van der Waals surface area contributed by atoms with Crippen LogP contribution in [0.15, 0.2) is 67.3 Å². The average molecular weight is 501 g/mol. The van der Waals surface area contributed by atoms with Crippen molar-refractivity contribution in [3.63, 3.8) is 0 Å². The summed E-state index contributed by atoms with van der Waals surface area (Å²) in [5.74, 6) is 0.810. The topological polar surface area (TPSA) is 86.7 Å². The number of carbonyl (C=O) groups is 1. The summed E-state index contributed by atoms with van der Waals surface area (Å²) in [5.41, 5.74) is 1.19. The number of furan rings is 1. The molecule has 0 bridgehead atoms. The number of nitrogens with zero attached hydrogens (tertiary/aromatic N) is 3. The van der Waals surface area contributed by atoms with Gasteiger partial charge in [-0.3, -0.25) is 4.79 Å². The number of halogens is 2. The van der Waals surface area contributed by atoms with E-state index in [-0.39, 0.29) is 5.56 Å². The Morgan fingerprint density at radius 1 is 1.23 bits per heavy atom. The Balaban J connectivity index is 1.69. The molecule has 0 N–H and O–H groups in total. The lowest BCUT2D eigenvalue weighted by Crippen LogP contribution is -2.20. The highest BCUT2D eigenvalue weighted by Crippen LogP contribution is 2.30. The Hall–Kier alpha value is -3.23. The van der Waals surface area contributed by atoms with Crippen molar-refractivity contribution in [2.24, 2.45) is 5.10 Å². The quantitative estimate of drug-likeness (QED) is 0.289. The summed E-state index contributed by atoms with van der Waals surface area (Å²) in [6, 6.07) is 13.5. The highest BCUT2D eigenvalue weighted by molar-refractivity contribution is 9.10. The Labute approximate surface area is 190 Å². The molecule has 7 nitrogen and oxygen atoms in total. The van der Waals surface area contributed by atoms with Crippen molar-refractivity contribution < 1.29 is 13.9 Å². The second-order valence-electron chi connectivity index (χ2n) is 6.57. The average Bonchev–Trinajstić information content (AvgIpc) is 3.22. The van der Waals surface area contributed by atoms with Crippen molar-refractivity contribution in [1.82, 2.24) is 9.66 Å². The van der Waals surface area contributed by atoms with Gasteiger partial charge in [0.1, 0.15) is 17.3 Å². The van der Waals surface area contributed by atoms with Crippen LogP contribution in [0.1, 0.15) is 21.9 Å². The van der Waals surface area contributed by atoms with E-state index in [1.54, 1.807) is 49.4 Å². The number of benzene rings is 2. The Morgan fingerprint density at radius 2 is 2.03 bits per heavy atom. The fourth-order valence-corrected chi connectivity index (χ4v) is 3.61. The Morgan fingerprint density at radius 3 is 2.81 bits per heavy atom. The normalized spacial score (nSPS) is 11.4. The van der Waals surface area contributed by atoms with Crippen molar-refractivity contribution in [1.29, 1.82) is 0 Å². The number of fused-ring (bicyclic) bond motifs is 1. The number of hydrogen-bond donors (Lipinski definition) is 0. The summed E-state index contributed by atoms with van der Waals surface area (Å²) in [7, 11) is 1.31. The first kappa shape index (κ1) is 21.0. The van der Waals surface area contributed by atoms with Crippen molar-refractivity contribution >= 4 is 50.6 Å². The molecule has 0 saturated carbocycles. The van der Waals surface area contributed by atoms with Gasteiger partial charge in [0.05, 0.1) is 34.8 Å². The fraction of sp³-hybridized carbons (Fsp3) is 0.0909. The molecule has 4 aromatic rings. The van der Waals surface area contributed by atoms with Gasteiger partial charge in [0, 0.05) is 10.0 Å². The maximum absolute atomic E-state index is 12.8. The minimum absolute atomic E-state index is 0.291. The van der Waals surface area contributed by atoms with E-state index in [0.717, 1.165) is 4.47 Å². The van der Waals surface area contributed by atoms with Gasteiger partial charge in [-0.2, -0.15) is 9.78 Å². The van der Waals surface area contributed by atoms with Crippen molar-refractivity contribution in [3.8, 4) is 11.3 Å². The van der Waals surface area contributed by atoms with Gasteiger partial charge in [-0.25, -0.2) is 9.78 Å². The third kappa shape index (κ3) is 4.17. The van der Waals surface area contributed by atoms with Crippen LogP contribution in [-0.2, 0) is 4.74 Å². The number of esters is 1. The smallest absolute Gasteiger partial charge is 0.337 e. The minimum Gasteiger partial charge on any atom is -0.465 e. The van der Waals surface area contributed by atoms with Crippen LogP contribution in [-0.4, -0.2) is 29.0 Å². The summed E-state index contributed by atoms with van der Waals surface area (Å²) in [4.78, 5) is 29.0. The van der Waals surface area contributed by atoms with Gasteiger partial charge in [-0.1, -0.05) is 27.5 Å². The van der Waals surface area contributed by atoms with E-state index in [0.29, 0.717) is 44.4 Å². The second kappa shape index (κ2) is 8.49. The molecule has 2 aromatic heterocycles. The molecule has 0 aliphatic carbocycles. The first-order valence-electron chi connectivity index (χ1n) is 9.08. The van der Waals surface area contributed by atoms with Crippen molar-refractivity contribution in [2.45, 2.75) is 6.92 Å². The van der Waals surface area contributed by atoms with Crippen molar-refractivity contribution in [3.05, 3.63) is 85.5 Å². The lowest BCUT2D eigenvalue weighted by Gasteiger charge is -2.05. The SMILES string of the molecule is COC(=O)c1ccc(Cl)c(-c2ccc(C=Nn3c(C)nc4ccc(Br)cc4c3=O)o2)c1. The van der Waals surface area contributed by atoms with E-state index in [1.165, 1.54) is 18.0 Å². The van der Waals surface area contributed by atoms with Gasteiger partial charge in [-0.15, -0.1) is 0 Å². The summed E-state index contributed by atoms with van der Waals surface area (Å²) in [6.07, 6.45) is 1.42. The molecule has 2 aromatic carbocycles. The number of rotatable bonds is 4. The largest absolute Gasteiger partial charge is 0.465 e. The van der Waals surface area contributed by atoms with Gasteiger partial charge < -0.3 is 9.15 Å². The highest BCUT2D eigenvalue weighted by atomic mass is 79.9. The van der Waals surface area contributed by atoms with E-state index < -0.39 is 5.97 Å². The van der Waals surface area contributed by atoms with Gasteiger partial charge >= 0.3 is 5.97 Å². The fourth-order valence-electron chi connectivity index (χ4n) is 3.04. The molecule has 31 heavy (non-hydrogen) atoms. The molecule has 9 heteroatoms. The van der Waals surface area contributed by atoms with E-state index in [4.69, 9.17) is 20.8 Å². The summed E-state index contributed by atoms with van der Waals surface area (Å²) < 4.78 is 12.5. The van der Waals surface area contributed by atoms with Crippen LogP contribution in [0.2, 0.25) is 5.02 Å². The standard InChI is InChI=1S/C22H15BrClN3O4/c1-12-26-19-7-4-14(23)10-17(19)21(28)27(12)25-11-15-5-8-20(31-15)16-9-13(22(29)30-2)3-6-18(16)24/h3-11H,1-2H3. The summed E-state index contributed by atoms with van der Waals surface area (Å²) in [5, 5.41) is 5.11. The van der Waals surface area contributed by atoms with Crippen LogP contribution in [0, 0.1) is 6.92 Å². The number of carbonyl (C=O) groups excluding carboxylic acids is 1. The third-order valence-electron chi connectivity index (χ3n) is 4.55. The molecule has 0 unspecified atom stereocenters. The van der Waals surface area contributed by atoms with Gasteiger partial charge in [0.15, 0.2) is 0 Å². The zero-order valence-corrected chi connectivity index (χ0v) is 18.8. The number of ether oxygens (including phenoxy) is 1. The van der Waals surface area contributed by atoms with Crippen molar-refractivity contribution in [2.75, 3.05) is 7.11 Å². The lowest BCUT2D eigenvalue weighted by molar-refractivity contribution is 0.0601. The zero-order valence-electron chi connectivity index (χ0n) is 16.4. The van der Waals surface area contributed by atoms with Crippen LogP contribution < -0.4 is 5.56 Å². The van der Waals surface area contributed by atoms with Gasteiger partial charge in [-0.05, 0) is 55.5 Å². The molecule has 0 spiro atoms. The molecular weight excluding hydrogens is 486 g/mol. The molecule has 0 aliphatic heterocycles. The van der Waals surface area contributed by atoms with E-state index in [2.05, 4.69) is 26.0 Å². The number of hydrogen-bond acceptors (Lipinski definition) is 6. The highest BCUT2D eigenvalue weighted by Gasteiger charge is 2.13. The molecule has 4 rings (SSSR count). The predicted octanol–water partition coefficient (Wildman–Crippen LogP) is 5.05. The predicted molar refractivity (Wildman–Crippen MR) is 122 cm³/mol. The minimum atomic E-state index is -0.475. The van der Waals surface area contributed by atoms with Crippen LogP contribution >= 0.6 is 27.5 Å². The molecule has 0 amide bonds. The molecule has 0 saturated heterocycles. The lowest BCUT2D eigenvalue weighted by atomic mass is 10.1. The van der Waals surface area contributed by atoms with E-state index in [9.17, 15) is 9.59 Å². The molecule has 0 fully saturated rings. The second-order valence-corrected chi connectivity index (χ2v) is 7.89. The summed E-state index contributed by atoms with van der Waals surface area (Å²) >= 11 is 9.63. The first-order chi connectivity index (χ1) is 14.9. The summed E-state index contributed by atoms with van der Waals surface area (Å²) in [6.45, 7) is 1.70. The molecule has 156 valence electrons.